The van der Waals surface area contributed by atoms with Crippen LogP contribution in [0.1, 0.15) is 61.3 Å². The van der Waals surface area contributed by atoms with Crippen LogP contribution in [0.3, 0.4) is 0 Å². The van der Waals surface area contributed by atoms with E-state index in [1.54, 1.807) is 0 Å². The molecule has 2 atom stereocenters. The highest BCUT2D eigenvalue weighted by Gasteiger charge is 2.28. The van der Waals surface area contributed by atoms with Crippen LogP contribution in [0.2, 0.25) is 0 Å². The molecule has 2 aliphatic heterocycles. The number of imidazole rings is 1. The summed E-state index contributed by atoms with van der Waals surface area (Å²) in [6, 6.07) is 4.85. The molecular weight excluding hydrogens is 322 g/mol. The van der Waals surface area contributed by atoms with Gasteiger partial charge in [-0.05, 0) is 76.7 Å². The lowest BCUT2D eigenvalue weighted by Crippen LogP contribution is -2.35. The van der Waals surface area contributed by atoms with E-state index in [0.29, 0.717) is 12.1 Å². The molecule has 5 nitrogen and oxygen atoms in total. The molecule has 0 unspecified atom stereocenters. The van der Waals surface area contributed by atoms with Gasteiger partial charge in [0, 0.05) is 25.1 Å². The van der Waals surface area contributed by atoms with Crippen LogP contribution in [-0.2, 0) is 6.54 Å². The van der Waals surface area contributed by atoms with Crippen molar-refractivity contribution in [3.05, 3.63) is 47.8 Å². The van der Waals surface area contributed by atoms with Crippen molar-refractivity contribution in [3.8, 4) is 0 Å². The van der Waals surface area contributed by atoms with Crippen molar-refractivity contribution >= 4 is 0 Å². The summed E-state index contributed by atoms with van der Waals surface area (Å²) in [4.78, 5) is 11.8. The second-order valence-electron chi connectivity index (χ2n) is 8.09. The van der Waals surface area contributed by atoms with Crippen molar-refractivity contribution < 1.29 is 0 Å². The Morgan fingerprint density at radius 3 is 2.69 bits per heavy atom. The first-order valence-corrected chi connectivity index (χ1v) is 10.1. The first-order chi connectivity index (χ1) is 12.7. The van der Waals surface area contributed by atoms with Crippen molar-refractivity contribution in [2.24, 2.45) is 5.92 Å². The predicted molar refractivity (Wildman–Crippen MR) is 104 cm³/mol. The van der Waals surface area contributed by atoms with Gasteiger partial charge in [-0.3, -0.25) is 10.3 Å². The van der Waals surface area contributed by atoms with Gasteiger partial charge >= 0.3 is 0 Å². The van der Waals surface area contributed by atoms with E-state index >= 15 is 0 Å². The van der Waals surface area contributed by atoms with Crippen LogP contribution >= 0.6 is 0 Å². The average Bonchev–Trinajstić information content (AvgIpc) is 3.12. The third-order valence-electron chi connectivity index (χ3n) is 6.12. The first kappa shape index (κ1) is 17.7. The van der Waals surface area contributed by atoms with E-state index in [1.807, 2.05) is 18.5 Å². The Bertz CT molecular complexity index is 717. The highest BCUT2D eigenvalue weighted by molar-refractivity contribution is 5.22. The van der Waals surface area contributed by atoms with Crippen LogP contribution in [-0.4, -0.2) is 39.6 Å². The summed E-state index contributed by atoms with van der Waals surface area (Å²) in [5.41, 5.74) is 2.48. The van der Waals surface area contributed by atoms with Gasteiger partial charge in [0.2, 0.25) is 0 Å². The quantitative estimate of drug-likeness (QED) is 0.914. The molecule has 0 spiro atoms. The van der Waals surface area contributed by atoms with Crippen molar-refractivity contribution in [3.63, 3.8) is 0 Å². The van der Waals surface area contributed by atoms with Crippen molar-refractivity contribution in [2.45, 2.75) is 57.7 Å². The van der Waals surface area contributed by atoms with Crippen LogP contribution < -0.4 is 5.32 Å². The van der Waals surface area contributed by atoms with E-state index in [1.165, 1.54) is 49.4 Å². The Balaban J connectivity index is 1.46. The highest BCUT2D eigenvalue weighted by Crippen LogP contribution is 2.33. The van der Waals surface area contributed by atoms with Gasteiger partial charge in [-0.15, -0.1) is 0 Å². The number of pyridine rings is 1. The number of nitrogens with one attached hydrogen (secondary N) is 1. The number of nitrogens with zero attached hydrogens (tertiary/aromatic N) is 4. The SMILES string of the molecule is Cc1cccnc1[C@@H]1CCC[C@H](c2nccn2CC2CCN(C)CC2)N1. The molecule has 0 aliphatic carbocycles. The number of likely N-dealkylation sites (tertiary alicyclic amines) is 1. The molecule has 2 aliphatic rings. The van der Waals surface area contributed by atoms with Gasteiger partial charge in [0.1, 0.15) is 5.82 Å². The summed E-state index contributed by atoms with van der Waals surface area (Å²) in [6.07, 6.45) is 12.2. The summed E-state index contributed by atoms with van der Waals surface area (Å²) >= 11 is 0. The van der Waals surface area contributed by atoms with Crippen LogP contribution in [0.4, 0.5) is 0 Å². The summed E-state index contributed by atoms with van der Waals surface area (Å²) in [5.74, 6) is 1.98. The predicted octanol–water partition coefficient (Wildman–Crippen LogP) is 3.48. The Morgan fingerprint density at radius 2 is 1.88 bits per heavy atom. The van der Waals surface area contributed by atoms with Gasteiger partial charge in [0.05, 0.1) is 17.8 Å². The number of aromatic nitrogens is 3. The summed E-state index contributed by atoms with van der Waals surface area (Å²) in [5, 5.41) is 3.84. The van der Waals surface area contributed by atoms with Gasteiger partial charge in [-0.25, -0.2) is 4.98 Å². The molecule has 2 fully saturated rings. The molecule has 140 valence electrons. The maximum Gasteiger partial charge on any atom is 0.125 e. The fraction of sp³-hybridized carbons (Fsp3) is 0.619. The molecule has 5 heteroatoms. The molecule has 1 N–H and O–H groups in total. The second-order valence-corrected chi connectivity index (χ2v) is 8.09. The number of aryl methyl sites for hydroxylation is 1. The Hall–Kier alpha value is -1.72. The van der Waals surface area contributed by atoms with Crippen LogP contribution in [0, 0.1) is 12.8 Å². The van der Waals surface area contributed by atoms with E-state index < -0.39 is 0 Å². The van der Waals surface area contributed by atoms with Crippen LogP contribution in [0.5, 0.6) is 0 Å². The smallest absolute Gasteiger partial charge is 0.125 e. The number of hydrogen-bond donors (Lipinski definition) is 1. The van der Waals surface area contributed by atoms with Gasteiger partial charge in [-0.1, -0.05) is 6.07 Å². The van der Waals surface area contributed by atoms with E-state index in [4.69, 9.17) is 4.98 Å². The molecule has 0 saturated carbocycles. The van der Waals surface area contributed by atoms with Crippen molar-refractivity contribution in [1.29, 1.82) is 0 Å². The van der Waals surface area contributed by atoms with Crippen molar-refractivity contribution in [2.75, 3.05) is 20.1 Å². The largest absolute Gasteiger partial charge is 0.333 e. The molecule has 2 saturated heterocycles. The number of rotatable bonds is 4. The third-order valence-corrected chi connectivity index (χ3v) is 6.12. The molecule has 0 amide bonds. The maximum atomic E-state index is 4.74. The van der Waals surface area contributed by atoms with Crippen LogP contribution in [0.25, 0.3) is 0 Å². The lowest BCUT2D eigenvalue weighted by Gasteiger charge is -2.33. The number of hydrogen-bond acceptors (Lipinski definition) is 4. The zero-order valence-corrected chi connectivity index (χ0v) is 16.1. The van der Waals surface area contributed by atoms with Gasteiger partial charge in [0.15, 0.2) is 0 Å². The third kappa shape index (κ3) is 3.84. The molecule has 0 bridgehead atoms. The van der Waals surface area contributed by atoms with Crippen LogP contribution in [0.15, 0.2) is 30.7 Å². The van der Waals surface area contributed by atoms with E-state index in [0.717, 1.165) is 25.3 Å². The molecule has 2 aromatic heterocycles. The normalized spacial score (nSPS) is 25.5. The molecule has 26 heavy (non-hydrogen) atoms. The fourth-order valence-electron chi connectivity index (χ4n) is 4.53. The van der Waals surface area contributed by atoms with Crippen molar-refractivity contribution in [1.82, 2.24) is 24.8 Å². The van der Waals surface area contributed by atoms with E-state index in [-0.39, 0.29) is 0 Å². The topological polar surface area (TPSA) is 46.0 Å². The monoisotopic (exact) mass is 353 g/mol. The number of piperidine rings is 2. The van der Waals surface area contributed by atoms with Gasteiger partial charge in [-0.2, -0.15) is 0 Å². The second kappa shape index (κ2) is 7.89. The van der Waals surface area contributed by atoms with E-state index in [2.05, 4.69) is 46.0 Å². The van der Waals surface area contributed by atoms with Gasteiger partial charge in [0.25, 0.3) is 0 Å². The first-order valence-electron chi connectivity index (χ1n) is 10.1. The zero-order chi connectivity index (χ0) is 17.9. The molecule has 2 aromatic rings. The Labute approximate surface area is 156 Å². The molecule has 4 heterocycles. The zero-order valence-electron chi connectivity index (χ0n) is 16.1. The highest BCUT2D eigenvalue weighted by atomic mass is 15.1. The molecular formula is C21H31N5. The lowest BCUT2D eigenvalue weighted by atomic mass is 9.93. The minimum absolute atomic E-state index is 0.330. The molecule has 4 rings (SSSR count). The average molecular weight is 354 g/mol. The maximum absolute atomic E-state index is 4.74. The molecule has 0 aromatic carbocycles. The minimum atomic E-state index is 0.330. The molecule has 0 radical (unpaired) electrons. The summed E-state index contributed by atoms with van der Waals surface area (Å²) < 4.78 is 2.40. The lowest BCUT2D eigenvalue weighted by molar-refractivity contribution is 0.202. The summed E-state index contributed by atoms with van der Waals surface area (Å²) in [7, 11) is 2.23. The minimum Gasteiger partial charge on any atom is -0.333 e. The van der Waals surface area contributed by atoms with E-state index in [9.17, 15) is 0 Å². The summed E-state index contributed by atoms with van der Waals surface area (Å²) in [6.45, 7) is 5.71. The standard InChI is InChI=1S/C21H31N5/c1-16-5-4-10-22-20(16)18-6-3-7-19(24-18)21-23-11-14-26(21)15-17-8-12-25(2)13-9-17/h4-5,10-11,14,17-19,24H,3,6-9,12-13,15H2,1-2H3/t18-,19+/m0/s1. The van der Waals surface area contributed by atoms with Gasteiger partial charge < -0.3 is 9.47 Å². The fourth-order valence-corrected chi connectivity index (χ4v) is 4.53. The Kier molecular flexibility index (Phi) is 5.36. The Morgan fingerprint density at radius 1 is 1.08 bits per heavy atom.